The number of nitrogens with zero attached hydrogens (tertiary/aromatic N) is 1. The molecule has 0 spiro atoms. The summed E-state index contributed by atoms with van der Waals surface area (Å²) in [6, 6.07) is 5.44. The van der Waals surface area contributed by atoms with Crippen LogP contribution in [0.5, 0.6) is 0 Å². The van der Waals surface area contributed by atoms with Gasteiger partial charge in [0.25, 0.3) is 0 Å². The Labute approximate surface area is 129 Å². The molecule has 1 atom stereocenters. The van der Waals surface area contributed by atoms with Crippen molar-refractivity contribution in [3.63, 3.8) is 0 Å². The molecule has 0 aliphatic carbocycles. The summed E-state index contributed by atoms with van der Waals surface area (Å²) in [5.41, 5.74) is 7.52. The second-order valence-corrected chi connectivity index (χ2v) is 5.90. The second-order valence-electron chi connectivity index (χ2n) is 4.99. The molecule has 1 unspecified atom stereocenters. The maximum atomic E-state index is 12.1. The third-order valence-electron chi connectivity index (χ3n) is 3.41. The molecule has 20 heavy (non-hydrogen) atoms. The van der Waals surface area contributed by atoms with Crippen molar-refractivity contribution in [2.75, 3.05) is 24.2 Å². The number of halogens is 1. The van der Waals surface area contributed by atoms with E-state index in [0.29, 0.717) is 5.69 Å². The van der Waals surface area contributed by atoms with E-state index in [0.717, 1.165) is 36.0 Å². The molecule has 0 bridgehead atoms. The van der Waals surface area contributed by atoms with Crippen molar-refractivity contribution in [1.29, 1.82) is 0 Å². The lowest BCUT2D eigenvalue weighted by atomic mass is 10.2. The lowest BCUT2D eigenvalue weighted by Gasteiger charge is -2.27. The second kappa shape index (κ2) is 8.15. The van der Waals surface area contributed by atoms with Gasteiger partial charge in [-0.3, -0.25) is 4.79 Å². The van der Waals surface area contributed by atoms with Gasteiger partial charge in [0.1, 0.15) is 6.04 Å². The van der Waals surface area contributed by atoms with E-state index in [-0.39, 0.29) is 11.9 Å². The fourth-order valence-electron chi connectivity index (χ4n) is 1.97. The van der Waals surface area contributed by atoms with Crippen LogP contribution in [0.2, 0.25) is 0 Å². The van der Waals surface area contributed by atoms with Crippen LogP contribution in [-0.4, -0.2) is 25.5 Å². The minimum atomic E-state index is -0.250. The van der Waals surface area contributed by atoms with E-state index in [9.17, 15) is 4.79 Å². The van der Waals surface area contributed by atoms with Crippen molar-refractivity contribution in [3.05, 3.63) is 22.7 Å². The molecule has 0 heterocycles. The van der Waals surface area contributed by atoms with Gasteiger partial charge < -0.3 is 16.0 Å². The lowest BCUT2D eigenvalue weighted by molar-refractivity contribution is -0.122. The quantitative estimate of drug-likeness (QED) is 0.591. The number of unbranched alkanes of at least 4 members (excludes halogenated alkanes) is 2. The van der Waals surface area contributed by atoms with Crippen molar-refractivity contribution in [2.45, 2.75) is 39.2 Å². The molecule has 5 heteroatoms. The zero-order valence-corrected chi connectivity index (χ0v) is 14.0. The molecule has 0 saturated heterocycles. The van der Waals surface area contributed by atoms with Gasteiger partial charge in [-0.2, -0.15) is 0 Å². The summed E-state index contributed by atoms with van der Waals surface area (Å²) in [4.78, 5) is 14.0. The summed E-state index contributed by atoms with van der Waals surface area (Å²) in [5, 5.41) is 2.97. The van der Waals surface area contributed by atoms with Crippen molar-refractivity contribution < 1.29 is 4.79 Å². The van der Waals surface area contributed by atoms with Crippen LogP contribution in [0.1, 0.15) is 33.1 Å². The van der Waals surface area contributed by atoms with Crippen molar-refractivity contribution >= 4 is 33.2 Å². The maximum absolute atomic E-state index is 12.1. The molecular weight excluding hydrogens is 318 g/mol. The van der Waals surface area contributed by atoms with Crippen molar-refractivity contribution in [2.24, 2.45) is 0 Å². The Morgan fingerprint density at radius 3 is 2.75 bits per heavy atom. The average Bonchev–Trinajstić information content (AvgIpc) is 2.42. The number of anilines is 2. The molecule has 0 aromatic heterocycles. The highest BCUT2D eigenvalue weighted by molar-refractivity contribution is 9.10. The van der Waals surface area contributed by atoms with E-state index >= 15 is 0 Å². The standard InChI is InChI=1S/C15H24BrN3O/c1-4-5-6-9-18-15(20)11(2)19(3)14-8-7-12(16)10-13(14)17/h7-8,10-11H,4-6,9,17H2,1-3H3,(H,18,20). The Morgan fingerprint density at radius 1 is 1.45 bits per heavy atom. The Morgan fingerprint density at radius 2 is 2.15 bits per heavy atom. The average molecular weight is 342 g/mol. The molecule has 3 N–H and O–H groups in total. The van der Waals surface area contributed by atoms with Crippen LogP contribution in [-0.2, 0) is 4.79 Å². The van der Waals surface area contributed by atoms with Crippen molar-refractivity contribution in [1.82, 2.24) is 5.32 Å². The molecule has 0 saturated carbocycles. The van der Waals surface area contributed by atoms with Crippen LogP contribution >= 0.6 is 15.9 Å². The molecule has 0 fully saturated rings. The van der Waals surface area contributed by atoms with E-state index in [1.54, 1.807) is 0 Å². The largest absolute Gasteiger partial charge is 0.397 e. The van der Waals surface area contributed by atoms with Gasteiger partial charge in [0.15, 0.2) is 0 Å². The first-order valence-corrected chi connectivity index (χ1v) is 7.82. The Kier molecular flexibility index (Phi) is 6.85. The number of nitrogens with one attached hydrogen (secondary N) is 1. The van der Waals surface area contributed by atoms with E-state index in [2.05, 4.69) is 28.2 Å². The molecule has 0 aliphatic rings. The summed E-state index contributed by atoms with van der Waals surface area (Å²) in [6.07, 6.45) is 3.32. The highest BCUT2D eigenvalue weighted by Gasteiger charge is 2.19. The smallest absolute Gasteiger partial charge is 0.242 e. The molecular formula is C15H24BrN3O. The molecule has 0 radical (unpaired) electrons. The predicted molar refractivity (Wildman–Crippen MR) is 89.0 cm³/mol. The highest BCUT2D eigenvalue weighted by atomic mass is 79.9. The van der Waals surface area contributed by atoms with Gasteiger partial charge in [-0.25, -0.2) is 0 Å². The molecule has 1 aromatic rings. The minimum Gasteiger partial charge on any atom is -0.397 e. The first kappa shape index (κ1) is 16.8. The van der Waals surface area contributed by atoms with Gasteiger partial charge in [0, 0.05) is 18.1 Å². The number of nitrogens with two attached hydrogens (primary N) is 1. The SMILES string of the molecule is CCCCCNC(=O)C(C)N(C)c1ccc(Br)cc1N. The summed E-state index contributed by atoms with van der Waals surface area (Å²) >= 11 is 3.38. The molecule has 0 aliphatic heterocycles. The highest BCUT2D eigenvalue weighted by Crippen LogP contribution is 2.27. The predicted octanol–water partition coefficient (Wildman–Crippen LogP) is 3.16. The van der Waals surface area contributed by atoms with Crippen molar-refractivity contribution in [3.8, 4) is 0 Å². The number of benzene rings is 1. The summed E-state index contributed by atoms with van der Waals surface area (Å²) in [7, 11) is 1.88. The van der Waals surface area contributed by atoms with Crippen LogP contribution in [0.3, 0.4) is 0 Å². The van der Waals surface area contributed by atoms with Crippen LogP contribution in [0.15, 0.2) is 22.7 Å². The topological polar surface area (TPSA) is 58.4 Å². The fraction of sp³-hybridized carbons (Fsp3) is 0.533. The first-order valence-electron chi connectivity index (χ1n) is 7.03. The number of hydrogen-bond donors (Lipinski definition) is 2. The normalized spacial score (nSPS) is 12.0. The van der Waals surface area contributed by atoms with E-state index in [4.69, 9.17) is 5.73 Å². The number of carbonyl (C=O) groups excluding carboxylic acids is 1. The van der Waals surface area contributed by atoms with Gasteiger partial charge >= 0.3 is 0 Å². The van der Waals surface area contributed by atoms with E-state index < -0.39 is 0 Å². The van der Waals surface area contributed by atoms with Crippen LogP contribution in [0, 0.1) is 0 Å². The summed E-state index contributed by atoms with van der Waals surface area (Å²) < 4.78 is 0.934. The molecule has 1 aromatic carbocycles. The molecule has 1 rings (SSSR count). The minimum absolute atomic E-state index is 0.0333. The monoisotopic (exact) mass is 341 g/mol. The molecule has 112 valence electrons. The van der Waals surface area contributed by atoms with Gasteiger partial charge in [-0.1, -0.05) is 35.7 Å². The number of amides is 1. The Balaban J connectivity index is 2.61. The van der Waals surface area contributed by atoms with Gasteiger partial charge in [0.2, 0.25) is 5.91 Å². The van der Waals surface area contributed by atoms with Gasteiger partial charge in [-0.05, 0) is 31.5 Å². The molecule has 4 nitrogen and oxygen atoms in total. The molecule has 1 amide bonds. The number of nitrogen functional groups attached to an aromatic ring is 1. The Hall–Kier alpha value is -1.23. The maximum Gasteiger partial charge on any atom is 0.242 e. The number of hydrogen-bond acceptors (Lipinski definition) is 3. The van der Waals surface area contributed by atoms with Gasteiger partial charge in [0.05, 0.1) is 11.4 Å². The summed E-state index contributed by atoms with van der Waals surface area (Å²) in [5.74, 6) is 0.0333. The lowest BCUT2D eigenvalue weighted by Crippen LogP contribution is -2.43. The zero-order chi connectivity index (χ0) is 15.1. The van der Waals surface area contributed by atoms with E-state index in [1.165, 1.54) is 0 Å². The third kappa shape index (κ3) is 4.71. The van der Waals surface area contributed by atoms with Gasteiger partial charge in [-0.15, -0.1) is 0 Å². The number of carbonyl (C=O) groups is 1. The van der Waals surface area contributed by atoms with Crippen LogP contribution < -0.4 is 16.0 Å². The Bertz CT molecular complexity index is 451. The zero-order valence-electron chi connectivity index (χ0n) is 12.4. The van der Waals surface area contributed by atoms with Crippen LogP contribution in [0.4, 0.5) is 11.4 Å². The third-order valence-corrected chi connectivity index (χ3v) is 3.90. The number of likely N-dealkylation sites (N-methyl/N-ethyl adjacent to an activating group) is 1. The first-order chi connectivity index (χ1) is 9.47. The summed E-state index contributed by atoms with van der Waals surface area (Å²) in [6.45, 7) is 4.77. The van der Waals surface area contributed by atoms with E-state index in [1.807, 2.05) is 37.1 Å². The van der Waals surface area contributed by atoms with Crippen LogP contribution in [0.25, 0.3) is 0 Å². The fourth-order valence-corrected chi connectivity index (χ4v) is 2.34. The number of rotatable bonds is 7.